The molecule has 0 fully saturated rings. The van der Waals surface area contributed by atoms with E-state index in [1.807, 2.05) is 12.1 Å². The van der Waals surface area contributed by atoms with E-state index in [0.29, 0.717) is 17.7 Å². The highest BCUT2D eigenvalue weighted by atomic mass is 16.7. The molecule has 1 amide bonds. The number of rotatable bonds is 11. The van der Waals surface area contributed by atoms with Crippen molar-refractivity contribution in [3.8, 4) is 0 Å². The Morgan fingerprint density at radius 1 is 0.946 bits per heavy atom. The third-order valence-electron chi connectivity index (χ3n) is 7.30. The second-order valence-electron chi connectivity index (χ2n) is 11.2. The van der Waals surface area contributed by atoms with E-state index in [1.165, 1.54) is 35.4 Å². The van der Waals surface area contributed by atoms with Crippen LogP contribution < -0.4 is 5.32 Å². The summed E-state index contributed by atoms with van der Waals surface area (Å²) in [7, 11) is 0. The molecule has 0 aliphatic heterocycles. The molecule has 7 nitrogen and oxygen atoms in total. The summed E-state index contributed by atoms with van der Waals surface area (Å²) in [5.74, 6) is -1.55. The van der Waals surface area contributed by atoms with E-state index in [1.54, 1.807) is 0 Å². The van der Waals surface area contributed by atoms with Gasteiger partial charge in [0.2, 0.25) is 6.29 Å². The minimum atomic E-state index is -1.11. The maximum Gasteiger partial charge on any atom is 0.335 e. The van der Waals surface area contributed by atoms with Crippen LogP contribution in [-0.2, 0) is 20.5 Å². The van der Waals surface area contributed by atoms with Crippen LogP contribution in [0.2, 0.25) is 0 Å². The van der Waals surface area contributed by atoms with Gasteiger partial charge in [0.25, 0.3) is 5.91 Å². The molecule has 0 radical (unpaired) electrons. The average Bonchev–Trinajstić information content (AvgIpc) is 2.85. The Labute approximate surface area is 219 Å². The number of aliphatic hydroxyl groups excluding tert-OH is 1. The van der Waals surface area contributed by atoms with Gasteiger partial charge in [-0.25, -0.2) is 4.79 Å². The second-order valence-corrected chi connectivity index (χ2v) is 11.2. The molecule has 1 unspecified atom stereocenters. The van der Waals surface area contributed by atoms with E-state index in [2.05, 4.69) is 51.2 Å². The first-order valence-corrected chi connectivity index (χ1v) is 13.2. The molecule has 1 aliphatic rings. The van der Waals surface area contributed by atoms with Crippen LogP contribution in [0.15, 0.2) is 47.6 Å². The van der Waals surface area contributed by atoms with Crippen LogP contribution >= 0.6 is 0 Å². The van der Waals surface area contributed by atoms with Crippen molar-refractivity contribution in [3.63, 3.8) is 0 Å². The lowest BCUT2D eigenvalue weighted by atomic mass is 9.63. The maximum absolute atomic E-state index is 13.4. The molecule has 0 saturated carbocycles. The van der Waals surface area contributed by atoms with E-state index < -0.39 is 18.2 Å². The first-order valence-electron chi connectivity index (χ1n) is 13.2. The third-order valence-corrected chi connectivity index (χ3v) is 7.30. The molecule has 0 bridgehead atoms. The van der Waals surface area contributed by atoms with Gasteiger partial charge in [0.05, 0.1) is 5.56 Å². The van der Waals surface area contributed by atoms with Crippen molar-refractivity contribution >= 4 is 23.3 Å². The predicted molar refractivity (Wildman–Crippen MR) is 146 cm³/mol. The van der Waals surface area contributed by atoms with Crippen LogP contribution in [0, 0.1) is 0 Å². The van der Waals surface area contributed by atoms with Crippen LogP contribution in [0.3, 0.4) is 0 Å². The number of carbonyl (C=O) groups excluding carboxylic acids is 1. The van der Waals surface area contributed by atoms with E-state index in [-0.39, 0.29) is 22.1 Å². The molecule has 37 heavy (non-hydrogen) atoms. The Morgan fingerprint density at radius 3 is 2.19 bits per heavy atom. The molecule has 0 spiro atoms. The highest BCUT2D eigenvalue weighted by Crippen LogP contribution is 2.46. The number of aliphatic hydroxyl groups is 1. The number of nitrogens with zero attached hydrogens (tertiary/aromatic N) is 1. The fraction of sp³-hybridized carbons (Fsp3) is 0.500. The molecular weight excluding hydrogens is 468 g/mol. The maximum atomic E-state index is 13.4. The lowest BCUT2D eigenvalue weighted by Gasteiger charge is -2.42. The summed E-state index contributed by atoms with van der Waals surface area (Å²) >= 11 is 0. The number of nitrogens with one attached hydrogen (secondary N) is 1. The van der Waals surface area contributed by atoms with Crippen molar-refractivity contribution in [2.75, 3.05) is 5.32 Å². The summed E-state index contributed by atoms with van der Waals surface area (Å²) in [6.45, 7) is 11.0. The molecule has 200 valence electrons. The monoisotopic (exact) mass is 508 g/mol. The molecule has 3 rings (SSSR count). The van der Waals surface area contributed by atoms with Gasteiger partial charge in [-0.05, 0) is 71.6 Å². The van der Waals surface area contributed by atoms with E-state index in [4.69, 9.17) is 9.94 Å². The number of aromatic carboxylic acids is 1. The van der Waals surface area contributed by atoms with Gasteiger partial charge in [0.15, 0.2) is 5.71 Å². The number of oxime groups is 1. The number of carboxylic acid groups (broad SMARTS) is 1. The van der Waals surface area contributed by atoms with Crippen LogP contribution in [0.4, 0.5) is 5.69 Å². The first kappa shape index (κ1) is 28.4. The van der Waals surface area contributed by atoms with Crippen molar-refractivity contribution in [1.29, 1.82) is 0 Å². The highest BCUT2D eigenvalue weighted by molar-refractivity contribution is 6.48. The highest BCUT2D eigenvalue weighted by Gasteiger charge is 2.37. The molecule has 7 heteroatoms. The van der Waals surface area contributed by atoms with Crippen LogP contribution in [0.5, 0.6) is 0 Å². The van der Waals surface area contributed by atoms with Crippen LogP contribution in [0.25, 0.3) is 0 Å². The quantitative estimate of drug-likeness (QED) is 0.141. The molecule has 2 aromatic carbocycles. The van der Waals surface area contributed by atoms with Crippen molar-refractivity contribution in [1.82, 2.24) is 0 Å². The summed E-state index contributed by atoms with van der Waals surface area (Å²) in [5.41, 5.74) is 3.61. The molecular formula is C30H40N2O5. The Kier molecular flexibility index (Phi) is 9.13. The molecule has 0 saturated heterocycles. The lowest BCUT2D eigenvalue weighted by Crippen LogP contribution is -2.34. The lowest BCUT2D eigenvalue weighted by molar-refractivity contribution is -0.113. The zero-order chi connectivity index (χ0) is 27.2. The number of carboxylic acids is 1. The van der Waals surface area contributed by atoms with Gasteiger partial charge in [-0.15, -0.1) is 0 Å². The molecule has 1 aliphatic carbocycles. The molecule has 0 aromatic heterocycles. The van der Waals surface area contributed by atoms with Gasteiger partial charge >= 0.3 is 5.97 Å². The first-order chi connectivity index (χ1) is 17.4. The Morgan fingerprint density at radius 2 is 1.57 bits per heavy atom. The minimum Gasteiger partial charge on any atom is -0.478 e. The molecule has 2 aromatic rings. The number of anilines is 1. The summed E-state index contributed by atoms with van der Waals surface area (Å²) in [6, 6.07) is 11.9. The number of hydrogen-bond acceptors (Lipinski definition) is 5. The summed E-state index contributed by atoms with van der Waals surface area (Å²) in [6.07, 6.45) is 5.41. The van der Waals surface area contributed by atoms with Crippen LogP contribution in [0.1, 0.15) is 107 Å². The topological polar surface area (TPSA) is 108 Å². The molecule has 3 N–H and O–H groups in total. The number of unbranched alkanes of at least 4 members (excludes halogenated alkanes) is 3. The van der Waals surface area contributed by atoms with Crippen molar-refractivity contribution in [2.24, 2.45) is 5.16 Å². The SMILES string of the molecule is CCCCCCC(O)O/N=C(\C(=O)Nc1ccc(C(=O)O)cc1)c1ccc2c(c1)C(C)(C)CCC2(C)C. The zero-order valence-corrected chi connectivity index (χ0v) is 22.6. The standard InChI is InChI=1S/C30H40N2O5/c1-6-7-8-9-10-25(33)37-32-26(27(34)31-22-14-11-20(12-15-22)28(35)36)21-13-16-23-24(19-21)30(4,5)18-17-29(23,2)3/h11-16,19,25,33H,6-10,17-18H2,1-5H3,(H,31,34)(H,35,36)/b32-26-. The Balaban J connectivity index is 1.92. The van der Waals surface area contributed by atoms with Gasteiger partial charge in [-0.3, -0.25) is 4.79 Å². The zero-order valence-electron chi connectivity index (χ0n) is 22.6. The van der Waals surface area contributed by atoms with Gasteiger partial charge in [0.1, 0.15) is 0 Å². The molecule has 0 heterocycles. The smallest absolute Gasteiger partial charge is 0.335 e. The number of benzene rings is 2. The van der Waals surface area contributed by atoms with Crippen molar-refractivity contribution in [3.05, 3.63) is 64.7 Å². The number of fused-ring (bicyclic) bond motifs is 1. The number of carbonyl (C=O) groups is 2. The van der Waals surface area contributed by atoms with Gasteiger partial charge < -0.3 is 20.4 Å². The normalized spacial score (nSPS) is 17.0. The van der Waals surface area contributed by atoms with Gasteiger partial charge in [-0.2, -0.15) is 0 Å². The number of hydrogen-bond donors (Lipinski definition) is 3. The summed E-state index contributed by atoms with van der Waals surface area (Å²) < 4.78 is 0. The number of amides is 1. The van der Waals surface area contributed by atoms with Gasteiger partial charge in [-0.1, -0.05) is 71.2 Å². The Bertz CT molecular complexity index is 1140. The second kappa shape index (κ2) is 11.9. The summed E-state index contributed by atoms with van der Waals surface area (Å²) in [4.78, 5) is 29.9. The fourth-order valence-electron chi connectivity index (χ4n) is 4.76. The minimum absolute atomic E-state index is 0.0278. The van der Waals surface area contributed by atoms with Gasteiger partial charge in [0, 0.05) is 17.7 Å². The van der Waals surface area contributed by atoms with E-state index >= 15 is 0 Å². The van der Waals surface area contributed by atoms with Crippen molar-refractivity contribution < 1.29 is 24.6 Å². The van der Waals surface area contributed by atoms with Crippen molar-refractivity contribution in [2.45, 2.75) is 96.7 Å². The molecule has 1 atom stereocenters. The predicted octanol–water partition coefficient (Wildman–Crippen LogP) is 6.38. The largest absolute Gasteiger partial charge is 0.478 e. The fourth-order valence-corrected chi connectivity index (χ4v) is 4.76. The Hall–Kier alpha value is -3.19. The average molecular weight is 509 g/mol. The van der Waals surface area contributed by atoms with E-state index in [0.717, 1.165) is 38.5 Å². The van der Waals surface area contributed by atoms with E-state index in [9.17, 15) is 14.7 Å². The summed E-state index contributed by atoms with van der Waals surface area (Å²) in [5, 5.41) is 26.4. The third kappa shape index (κ3) is 7.19. The van der Waals surface area contributed by atoms with Crippen LogP contribution in [-0.4, -0.2) is 34.1 Å².